The van der Waals surface area contributed by atoms with Crippen LogP contribution < -0.4 is 10.9 Å². The van der Waals surface area contributed by atoms with Gasteiger partial charge in [-0.3, -0.25) is 10.2 Å². The number of benzene rings is 1. The average molecular weight is 422 g/mol. The second kappa shape index (κ2) is 11.0. The van der Waals surface area contributed by atoms with Gasteiger partial charge in [-0.25, -0.2) is 23.4 Å². The summed E-state index contributed by atoms with van der Waals surface area (Å²) in [7, 11) is 1.31. The summed E-state index contributed by atoms with van der Waals surface area (Å²) in [6.07, 6.45) is -2.20. The summed E-state index contributed by atoms with van der Waals surface area (Å²) in [6.45, 7) is 4.11. The van der Waals surface area contributed by atoms with Crippen molar-refractivity contribution in [2.45, 2.75) is 44.8 Å². The molecule has 0 heterocycles. The first-order valence-electron chi connectivity index (χ1n) is 8.64. The fourth-order valence-electron chi connectivity index (χ4n) is 2.41. The molecule has 1 rings (SSSR count). The zero-order chi connectivity index (χ0) is 22.2. The van der Waals surface area contributed by atoms with E-state index in [0.717, 1.165) is 0 Å². The highest BCUT2D eigenvalue weighted by Gasteiger charge is 2.33. The number of aliphatic hydroxyl groups is 1. The van der Waals surface area contributed by atoms with Crippen LogP contribution in [0.25, 0.3) is 0 Å². The van der Waals surface area contributed by atoms with E-state index in [1.807, 2.05) is 5.43 Å². The Morgan fingerprint density at radius 2 is 1.72 bits per heavy atom. The van der Waals surface area contributed by atoms with Gasteiger partial charge < -0.3 is 19.3 Å². The van der Waals surface area contributed by atoms with Crippen LogP contribution in [0, 0.1) is 17.5 Å². The summed E-state index contributed by atoms with van der Waals surface area (Å²) in [5, 5.41) is 9.26. The zero-order valence-corrected chi connectivity index (χ0v) is 16.6. The molecule has 0 spiro atoms. The van der Waals surface area contributed by atoms with Crippen LogP contribution in [0.1, 0.15) is 38.7 Å². The summed E-state index contributed by atoms with van der Waals surface area (Å²) in [4.78, 5) is 24.4. The molecule has 29 heavy (non-hydrogen) atoms. The van der Waals surface area contributed by atoms with Gasteiger partial charge in [-0.05, 0) is 44.9 Å². The first kappa shape index (κ1) is 24.7. The van der Waals surface area contributed by atoms with Crippen molar-refractivity contribution in [3.8, 4) is 0 Å². The van der Waals surface area contributed by atoms with Crippen LogP contribution in [0.3, 0.4) is 0 Å². The Morgan fingerprint density at radius 1 is 1.14 bits per heavy atom. The number of halogens is 3. The van der Waals surface area contributed by atoms with E-state index in [2.05, 4.69) is 5.43 Å². The van der Waals surface area contributed by atoms with Gasteiger partial charge in [0.2, 0.25) is 5.91 Å². The van der Waals surface area contributed by atoms with Crippen LogP contribution in [-0.4, -0.2) is 49.3 Å². The van der Waals surface area contributed by atoms with Gasteiger partial charge in [0.1, 0.15) is 12.4 Å². The number of hydrogen-bond donors (Lipinski definition) is 3. The average Bonchev–Trinajstić information content (AvgIpc) is 2.61. The molecular formula is C18H25F3N2O6. The predicted octanol–water partition coefficient (Wildman–Crippen LogP) is 2.11. The lowest BCUT2D eigenvalue weighted by Crippen LogP contribution is -2.48. The van der Waals surface area contributed by atoms with Crippen molar-refractivity contribution in [1.82, 2.24) is 10.9 Å². The Bertz CT molecular complexity index is 688. The Kier molecular flexibility index (Phi) is 9.34. The molecule has 0 bridgehead atoms. The molecule has 3 N–H and O–H groups in total. The minimum absolute atomic E-state index is 0.117. The number of carbonyl (C=O) groups is 2. The van der Waals surface area contributed by atoms with Crippen molar-refractivity contribution in [2.75, 3.05) is 20.5 Å². The number of aliphatic hydroxyl groups excluding tert-OH is 1. The number of amides is 2. The minimum Gasteiger partial charge on any atom is -0.443 e. The van der Waals surface area contributed by atoms with Crippen molar-refractivity contribution in [3.63, 3.8) is 0 Å². The molecule has 2 atom stereocenters. The summed E-state index contributed by atoms with van der Waals surface area (Å²) in [5.74, 6) is -7.07. The Labute approximate surface area is 166 Å². The molecule has 11 heteroatoms. The lowest BCUT2D eigenvalue weighted by atomic mass is 9.90. The van der Waals surface area contributed by atoms with Crippen molar-refractivity contribution in [2.24, 2.45) is 0 Å². The molecule has 2 amide bonds. The van der Waals surface area contributed by atoms with Gasteiger partial charge >= 0.3 is 6.09 Å². The molecule has 0 aliphatic heterocycles. The highest BCUT2D eigenvalue weighted by Crippen LogP contribution is 2.27. The lowest BCUT2D eigenvalue weighted by molar-refractivity contribution is -0.133. The third-order valence-corrected chi connectivity index (χ3v) is 3.52. The largest absolute Gasteiger partial charge is 0.443 e. The number of methoxy groups -OCH3 is 1. The fraction of sp³-hybridized carbons (Fsp3) is 0.556. The van der Waals surface area contributed by atoms with E-state index in [1.165, 1.54) is 7.11 Å². The van der Waals surface area contributed by atoms with Crippen LogP contribution in [0.15, 0.2) is 12.1 Å². The first-order chi connectivity index (χ1) is 13.5. The van der Waals surface area contributed by atoms with E-state index in [4.69, 9.17) is 14.2 Å². The second-order valence-corrected chi connectivity index (χ2v) is 7.02. The van der Waals surface area contributed by atoms with Crippen LogP contribution in [-0.2, 0) is 19.0 Å². The van der Waals surface area contributed by atoms with Crippen molar-refractivity contribution in [1.29, 1.82) is 0 Å². The van der Waals surface area contributed by atoms with Crippen LogP contribution >= 0.6 is 0 Å². The molecule has 0 fully saturated rings. The molecule has 0 unspecified atom stereocenters. The Morgan fingerprint density at radius 3 is 2.21 bits per heavy atom. The standard InChI is InChI=1S/C18H25F3N2O6/c1-18(2,3)29-17(26)23-22-16(25)14(13(5-6-24)28-9-27-4)10-7-11(19)15(21)12(20)8-10/h7-8,13-14,24H,5-6,9H2,1-4H3,(H,22,25)(H,23,26)/t13-,14-/m0/s1. The molecule has 0 aliphatic carbocycles. The van der Waals surface area contributed by atoms with Crippen LogP contribution in [0.4, 0.5) is 18.0 Å². The van der Waals surface area contributed by atoms with Gasteiger partial charge in [-0.1, -0.05) is 0 Å². The van der Waals surface area contributed by atoms with Crippen molar-refractivity contribution in [3.05, 3.63) is 35.1 Å². The van der Waals surface area contributed by atoms with E-state index in [9.17, 15) is 27.9 Å². The molecule has 0 aliphatic rings. The molecule has 1 aromatic rings. The van der Waals surface area contributed by atoms with E-state index in [1.54, 1.807) is 20.8 Å². The summed E-state index contributed by atoms with van der Waals surface area (Å²) < 4.78 is 55.8. The number of nitrogens with one attached hydrogen (secondary N) is 2. The molecule has 0 saturated carbocycles. The molecular weight excluding hydrogens is 397 g/mol. The number of ether oxygens (including phenoxy) is 3. The van der Waals surface area contributed by atoms with Gasteiger partial charge in [0, 0.05) is 13.7 Å². The number of carbonyl (C=O) groups excluding carboxylic acids is 2. The topological polar surface area (TPSA) is 106 Å². The zero-order valence-electron chi connectivity index (χ0n) is 16.6. The van der Waals surface area contributed by atoms with Gasteiger partial charge in [0.15, 0.2) is 17.5 Å². The normalized spacial score (nSPS) is 13.5. The van der Waals surface area contributed by atoms with Crippen molar-refractivity contribution < 1.29 is 42.1 Å². The molecule has 0 radical (unpaired) electrons. The van der Waals surface area contributed by atoms with E-state index in [0.29, 0.717) is 12.1 Å². The van der Waals surface area contributed by atoms with Gasteiger partial charge in [-0.2, -0.15) is 0 Å². The van der Waals surface area contributed by atoms with Gasteiger partial charge in [0.25, 0.3) is 0 Å². The van der Waals surface area contributed by atoms with Crippen LogP contribution in [0.5, 0.6) is 0 Å². The summed E-state index contributed by atoms with van der Waals surface area (Å²) in [6, 6.07) is 1.27. The molecule has 0 aromatic heterocycles. The molecule has 164 valence electrons. The first-order valence-corrected chi connectivity index (χ1v) is 8.64. The monoisotopic (exact) mass is 422 g/mol. The minimum atomic E-state index is -1.70. The lowest BCUT2D eigenvalue weighted by Gasteiger charge is -2.27. The SMILES string of the molecule is COCO[C@@H](CCO)[C@@H](C(=O)NNC(=O)OC(C)(C)C)c1cc(F)c(F)c(F)c1. The second-order valence-electron chi connectivity index (χ2n) is 7.02. The highest BCUT2D eigenvalue weighted by atomic mass is 19.2. The molecule has 0 saturated heterocycles. The molecule has 1 aromatic carbocycles. The van der Waals surface area contributed by atoms with Gasteiger partial charge in [0.05, 0.1) is 12.0 Å². The van der Waals surface area contributed by atoms with Gasteiger partial charge in [-0.15, -0.1) is 0 Å². The molecule has 8 nitrogen and oxygen atoms in total. The Hall–Kier alpha value is -2.37. The fourth-order valence-corrected chi connectivity index (χ4v) is 2.41. The van der Waals surface area contributed by atoms with E-state index in [-0.39, 0.29) is 18.8 Å². The van der Waals surface area contributed by atoms with Crippen molar-refractivity contribution >= 4 is 12.0 Å². The van der Waals surface area contributed by atoms with E-state index >= 15 is 0 Å². The third-order valence-electron chi connectivity index (χ3n) is 3.52. The van der Waals surface area contributed by atoms with Crippen LogP contribution in [0.2, 0.25) is 0 Å². The predicted molar refractivity (Wildman–Crippen MR) is 95.0 cm³/mol. The third kappa shape index (κ3) is 7.87. The maximum absolute atomic E-state index is 13.7. The number of rotatable bonds is 8. The number of hydrogen-bond acceptors (Lipinski definition) is 6. The number of hydrazine groups is 1. The smallest absolute Gasteiger partial charge is 0.426 e. The maximum atomic E-state index is 13.7. The summed E-state index contributed by atoms with van der Waals surface area (Å²) in [5.41, 5.74) is 2.98. The maximum Gasteiger partial charge on any atom is 0.426 e. The highest BCUT2D eigenvalue weighted by molar-refractivity contribution is 5.86. The van der Waals surface area contributed by atoms with E-state index < -0.39 is 53.7 Å². The quantitative estimate of drug-likeness (QED) is 0.337. The Balaban J connectivity index is 3.15. The summed E-state index contributed by atoms with van der Waals surface area (Å²) >= 11 is 0.